The largest absolute Gasteiger partial charge is 0.416 e. The van der Waals surface area contributed by atoms with Gasteiger partial charge >= 0.3 is 6.18 Å². The standard InChI is InChI=1S/C34H46F3NO2Si/c1-21(2)30-29(31(39)23-13-15-24(16-14-23)34(35,36)37)27(22-11-8-9-12-22)28-25(38-30)19-33(17-10-18-33)20-26(28)40-41(6,7)32(3,4)5/h11,13-16,21,26,31,39H,8-10,12,17-20H2,1-7H3/t26-,31+/m0/s1. The molecule has 0 unspecified atom stereocenters. The molecule has 41 heavy (non-hydrogen) atoms. The third-order valence-corrected chi connectivity index (χ3v) is 14.7. The molecule has 7 heteroatoms. The van der Waals surface area contributed by atoms with Gasteiger partial charge in [-0.3, -0.25) is 4.98 Å². The predicted octanol–water partition coefficient (Wildman–Crippen LogP) is 10.1. The van der Waals surface area contributed by atoms with Crippen LogP contribution >= 0.6 is 0 Å². The first kappa shape index (κ1) is 30.5. The highest BCUT2D eigenvalue weighted by Crippen LogP contribution is 2.58. The number of benzene rings is 1. The SMILES string of the molecule is CC(C)c1nc2c(c(C3=CCCC3)c1[C@H](O)c1ccc(C(F)(F)F)cc1)[C@@H](O[Si](C)(C)C(C)(C)C)CC1(CCC1)C2. The maximum Gasteiger partial charge on any atom is 0.416 e. The molecule has 1 saturated carbocycles. The molecule has 0 bridgehead atoms. The number of halogens is 3. The lowest BCUT2D eigenvalue weighted by Gasteiger charge is -2.51. The second-order valence-corrected chi connectivity index (χ2v) is 19.3. The van der Waals surface area contributed by atoms with Crippen LogP contribution in [0.2, 0.25) is 18.1 Å². The quantitative estimate of drug-likeness (QED) is 0.343. The van der Waals surface area contributed by atoms with E-state index < -0.39 is 26.2 Å². The maximum atomic E-state index is 13.3. The molecule has 1 N–H and O–H groups in total. The highest BCUT2D eigenvalue weighted by Gasteiger charge is 2.49. The normalized spacial score (nSPS) is 21.6. The van der Waals surface area contributed by atoms with Gasteiger partial charge in [0.1, 0.15) is 6.10 Å². The average Bonchev–Trinajstić information content (AvgIpc) is 3.39. The van der Waals surface area contributed by atoms with Gasteiger partial charge in [-0.25, -0.2) is 0 Å². The van der Waals surface area contributed by atoms with E-state index >= 15 is 0 Å². The van der Waals surface area contributed by atoms with Crippen LogP contribution in [0.15, 0.2) is 30.3 Å². The molecule has 1 spiro atoms. The van der Waals surface area contributed by atoms with E-state index in [4.69, 9.17) is 9.41 Å². The zero-order valence-electron chi connectivity index (χ0n) is 25.7. The number of fused-ring (bicyclic) bond motifs is 1. The van der Waals surface area contributed by atoms with E-state index in [-0.39, 0.29) is 22.5 Å². The number of allylic oxidation sites excluding steroid dienone is 2. The number of hydrogen-bond acceptors (Lipinski definition) is 3. The van der Waals surface area contributed by atoms with Gasteiger partial charge in [0.15, 0.2) is 8.32 Å². The summed E-state index contributed by atoms with van der Waals surface area (Å²) in [4.78, 5) is 5.34. The average molecular weight is 586 g/mol. The Hall–Kier alpha value is -1.96. The molecular formula is C34H46F3NO2Si. The molecule has 3 aliphatic carbocycles. The smallest absolute Gasteiger partial charge is 0.410 e. The number of aliphatic hydroxyl groups is 1. The predicted molar refractivity (Wildman–Crippen MR) is 161 cm³/mol. The van der Waals surface area contributed by atoms with Crippen molar-refractivity contribution < 1.29 is 22.7 Å². The molecule has 224 valence electrons. The van der Waals surface area contributed by atoms with Gasteiger partial charge in [0.2, 0.25) is 0 Å². The monoisotopic (exact) mass is 585 g/mol. The minimum absolute atomic E-state index is 0.0397. The highest BCUT2D eigenvalue weighted by molar-refractivity contribution is 6.74. The van der Waals surface area contributed by atoms with E-state index in [0.29, 0.717) is 5.56 Å². The van der Waals surface area contributed by atoms with Crippen LogP contribution in [-0.4, -0.2) is 18.4 Å². The first-order chi connectivity index (χ1) is 19.0. The zero-order valence-corrected chi connectivity index (χ0v) is 26.7. The topological polar surface area (TPSA) is 42.4 Å². The fourth-order valence-electron chi connectivity index (χ4n) is 6.76. The molecule has 2 atom stereocenters. The molecule has 1 fully saturated rings. The summed E-state index contributed by atoms with van der Waals surface area (Å²) in [6, 6.07) is 4.96. The molecule has 1 heterocycles. The van der Waals surface area contributed by atoms with Gasteiger partial charge in [-0.15, -0.1) is 0 Å². The lowest BCUT2D eigenvalue weighted by atomic mass is 9.59. The number of nitrogens with zero attached hydrogens (tertiary/aromatic N) is 1. The van der Waals surface area contributed by atoms with Crippen molar-refractivity contribution in [1.29, 1.82) is 0 Å². The number of alkyl halides is 3. The van der Waals surface area contributed by atoms with Crippen molar-refractivity contribution in [2.45, 2.75) is 128 Å². The number of pyridine rings is 1. The first-order valence-electron chi connectivity index (χ1n) is 15.3. The van der Waals surface area contributed by atoms with Crippen LogP contribution in [0.5, 0.6) is 0 Å². The van der Waals surface area contributed by atoms with Gasteiger partial charge in [-0.2, -0.15) is 13.2 Å². The van der Waals surface area contributed by atoms with E-state index in [2.05, 4.69) is 53.8 Å². The van der Waals surface area contributed by atoms with Gasteiger partial charge in [0.25, 0.3) is 0 Å². The summed E-state index contributed by atoms with van der Waals surface area (Å²) < 4.78 is 47.3. The number of rotatable bonds is 6. The van der Waals surface area contributed by atoms with E-state index in [1.54, 1.807) is 0 Å². The fourth-order valence-corrected chi connectivity index (χ4v) is 8.03. The van der Waals surface area contributed by atoms with Crippen LogP contribution in [0, 0.1) is 5.41 Å². The summed E-state index contributed by atoms with van der Waals surface area (Å²) in [5.41, 5.74) is 6.07. The summed E-state index contributed by atoms with van der Waals surface area (Å²) >= 11 is 0. The van der Waals surface area contributed by atoms with Gasteiger partial charge in [0, 0.05) is 22.5 Å². The lowest BCUT2D eigenvalue weighted by molar-refractivity contribution is -0.137. The van der Waals surface area contributed by atoms with Crippen molar-refractivity contribution in [2.75, 3.05) is 0 Å². The number of aliphatic hydroxyl groups excluding tert-OH is 1. The third-order valence-electron chi connectivity index (χ3n) is 10.3. The van der Waals surface area contributed by atoms with E-state index in [0.717, 1.165) is 72.3 Å². The molecule has 3 aliphatic rings. The molecule has 3 nitrogen and oxygen atoms in total. The van der Waals surface area contributed by atoms with Crippen LogP contribution in [0.25, 0.3) is 5.57 Å². The lowest BCUT2D eigenvalue weighted by Crippen LogP contribution is -2.46. The van der Waals surface area contributed by atoms with Crippen molar-refractivity contribution in [3.63, 3.8) is 0 Å². The highest BCUT2D eigenvalue weighted by atomic mass is 28.4. The van der Waals surface area contributed by atoms with Gasteiger partial charge in [-0.05, 0) is 103 Å². The summed E-state index contributed by atoms with van der Waals surface area (Å²) in [7, 11) is -2.16. The molecular weight excluding hydrogens is 539 g/mol. The Morgan fingerprint density at radius 2 is 1.71 bits per heavy atom. The second kappa shape index (κ2) is 10.6. The zero-order chi connectivity index (χ0) is 30.0. The molecule has 2 aromatic rings. The number of hydrogen-bond donors (Lipinski definition) is 1. The molecule has 0 radical (unpaired) electrons. The van der Waals surface area contributed by atoms with Gasteiger partial charge < -0.3 is 9.53 Å². The van der Waals surface area contributed by atoms with Crippen LogP contribution in [0.3, 0.4) is 0 Å². The van der Waals surface area contributed by atoms with Crippen LogP contribution in [0.4, 0.5) is 13.2 Å². The third kappa shape index (κ3) is 5.71. The summed E-state index contributed by atoms with van der Waals surface area (Å²) in [5, 5.41) is 12.0. The Balaban J connectivity index is 1.73. The Morgan fingerprint density at radius 3 is 2.20 bits per heavy atom. The van der Waals surface area contributed by atoms with Gasteiger partial charge in [0.05, 0.1) is 11.7 Å². The second-order valence-electron chi connectivity index (χ2n) is 14.5. The Labute approximate surface area is 244 Å². The minimum atomic E-state index is -4.43. The van der Waals surface area contributed by atoms with Crippen LogP contribution < -0.4 is 0 Å². The first-order valence-corrected chi connectivity index (χ1v) is 18.2. The molecule has 5 rings (SSSR count). The molecule has 1 aromatic carbocycles. The van der Waals surface area contributed by atoms with E-state index in [1.165, 1.54) is 37.0 Å². The van der Waals surface area contributed by atoms with E-state index in [9.17, 15) is 18.3 Å². The Morgan fingerprint density at radius 1 is 1.05 bits per heavy atom. The molecule has 0 aliphatic heterocycles. The van der Waals surface area contributed by atoms with Crippen molar-refractivity contribution in [1.82, 2.24) is 4.98 Å². The number of aromatic nitrogens is 1. The van der Waals surface area contributed by atoms with E-state index in [1.807, 2.05) is 0 Å². The Bertz CT molecular complexity index is 1320. The summed E-state index contributed by atoms with van der Waals surface area (Å²) in [5.74, 6) is 0.0409. The van der Waals surface area contributed by atoms with Crippen LogP contribution in [0.1, 0.15) is 137 Å². The van der Waals surface area contributed by atoms with Crippen LogP contribution in [-0.2, 0) is 17.0 Å². The maximum absolute atomic E-state index is 13.3. The Kier molecular flexibility index (Phi) is 7.91. The molecule has 1 aromatic heterocycles. The minimum Gasteiger partial charge on any atom is -0.410 e. The fraction of sp³-hybridized carbons (Fsp3) is 0.618. The van der Waals surface area contributed by atoms with Crippen molar-refractivity contribution >= 4 is 13.9 Å². The van der Waals surface area contributed by atoms with Crippen molar-refractivity contribution in [2.24, 2.45) is 5.41 Å². The molecule has 0 amide bonds. The summed E-state index contributed by atoms with van der Waals surface area (Å²) in [6.45, 7) is 15.6. The molecule has 0 saturated heterocycles. The van der Waals surface area contributed by atoms with Gasteiger partial charge in [-0.1, -0.05) is 59.2 Å². The summed E-state index contributed by atoms with van der Waals surface area (Å²) in [6.07, 6.45) is 5.13. The van der Waals surface area contributed by atoms with Crippen molar-refractivity contribution in [3.05, 3.63) is 69.5 Å². The van der Waals surface area contributed by atoms with Crippen molar-refractivity contribution in [3.8, 4) is 0 Å².